The molecule has 106 valence electrons. The Morgan fingerprint density at radius 2 is 1.61 bits per heavy atom. The fourth-order valence-corrected chi connectivity index (χ4v) is 4.66. The third-order valence-electron chi connectivity index (χ3n) is 3.74. The number of rotatable bonds is 2. The number of hydrogen-bond acceptors (Lipinski definition) is 3. The summed E-state index contributed by atoms with van der Waals surface area (Å²) in [5.41, 5.74) is -0.441. The molecule has 0 aromatic carbocycles. The molecule has 2 heterocycles. The molecular weight excluding hydrogens is 252 g/mol. The van der Waals surface area contributed by atoms with Gasteiger partial charge in [0.1, 0.15) is 0 Å². The van der Waals surface area contributed by atoms with E-state index in [1.807, 2.05) is 13.8 Å². The van der Waals surface area contributed by atoms with E-state index < -0.39 is 15.7 Å². The van der Waals surface area contributed by atoms with Crippen LogP contribution >= 0.6 is 0 Å². The maximum absolute atomic E-state index is 12.7. The van der Waals surface area contributed by atoms with Crippen molar-refractivity contribution in [1.29, 1.82) is 0 Å². The van der Waals surface area contributed by atoms with Crippen LogP contribution in [-0.4, -0.2) is 55.4 Å². The lowest BCUT2D eigenvalue weighted by Crippen LogP contribution is -2.59. The van der Waals surface area contributed by atoms with E-state index in [-0.39, 0.29) is 0 Å². The molecule has 0 N–H and O–H groups in total. The zero-order valence-electron chi connectivity index (χ0n) is 11.4. The van der Waals surface area contributed by atoms with Crippen molar-refractivity contribution in [2.24, 2.45) is 0 Å². The lowest BCUT2D eigenvalue weighted by atomic mass is 10.1. The molecule has 0 saturated carbocycles. The van der Waals surface area contributed by atoms with E-state index in [9.17, 15) is 8.42 Å². The Morgan fingerprint density at radius 1 is 1.00 bits per heavy atom. The van der Waals surface area contributed by atoms with Gasteiger partial charge in [-0.2, -0.15) is 17.0 Å². The summed E-state index contributed by atoms with van der Waals surface area (Å²) in [7, 11) is -3.33. The molecule has 0 spiro atoms. The molecule has 2 rings (SSSR count). The van der Waals surface area contributed by atoms with Gasteiger partial charge in [-0.15, -0.1) is 0 Å². The first kappa shape index (κ1) is 14.2. The minimum atomic E-state index is -3.33. The van der Waals surface area contributed by atoms with Crippen molar-refractivity contribution in [3.63, 3.8) is 0 Å². The van der Waals surface area contributed by atoms with Crippen molar-refractivity contribution in [3.8, 4) is 0 Å². The van der Waals surface area contributed by atoms with Crippen LogP contribution in [0.2, 0.25) is 0 Å². The normalized spacial score (nSPS) is 27.9. The molecule has 6 heteroatoms. The average molecular weight is 276 g/mol. The molecule has 0 amide bonds. The third kappa shape index (κ3) is 2.87. The van der Waals surface area contributed by atoms with Gasteiger partial charge in [-0.25, -0.2) is 0 Å². The smallest absolute Gasteiger partial charge is 0.282 e. The summed E-state index contributed by atoms with van der Waals surface area (Å²) >= 11 is 0. The Morgan fingerprint density at radius 3 is 2.17 bits per heavy atom. The lowest BCUT2D eigenvalue weighted by Gasteiger charge is -2.42. The summed E-state index contributed by atoms with van der Waals surface area (Å²) < 4.78 is 34.1. The van der Waals surface area contributed by atoms with Gasteiger partial charge in [-0.05, 0) is 26.7 Å². The van der Waals surface area contributed by atoms with Crippen molar-refractivity contribution in [3.05, 3.63) is 0 Å². The van der Waals surface area contributed by atoms with Crippen LogP contribution in [0.3, 0.4) is 0 Å². The van der Waals surface area contributed by atoms with Crippen molar-refractivity contribution in [1.82, 2.24) is 8.61 Å². The first-order valence-corrected chi connectivity index (χ1v) is 8.20. The molecule has 2 fully saturated rings. The van der Waals surface area contributed by atoms with Crippen LogP contribution in [0.25, 0.3) is 0 Å². The third-order valence-corrected chi connectivity index (χ3v) is 5.99. The van der Waals surface area contributed by atoms with Gasteiger partial charge in [0.15, 0.2) is 0 Å². The van der Waals surface area contributed by atoms with Gasteiger partial charge < -0.3 is 4.74 Å². The molecule has 0 aliphatic carbocycles. The quantitative estimate of drug-likeness (QED) is 0.762. The summed E-state index contributed by atoms with van der Waals surface area (Å²) in [5.74, 6) is 0. The minimum absolute atomic E-state index is 0.441. The van der Waals surface area contributed by atoms with Gasteiger partial charge in [0.25, 0.3) is 10.2 Å². The molecule has 0 unspecified atom stereocenters. The summed E-state index contributed by atoms with van der Waals surface area (Å²) in [6, 6.07) is 0. The standard InChI is InChI=1S/C12H24N2O3S/c1-12(2)11-17-10-9-14(12)18(15,16)13-7-5-3-4-6-8-13/h3-11H2,1-2H3. The van der Waals surface area contributed by atoms with E-state index >= 15 is 0 Å². The highest BCUT2D eigenvalue weighted by Crippen LogP contribution is 2.26. The zero-order valence-corrected chi connectivity index (χ0v) is 12.2. The largest absolute Gasteiger partial charge is 0.378 e. The Labute approximate surface area is 110 Å². The predicted octanol–water partition coefficient (Wildman–Crippen LogP) is 1.22. The molecule has 0 radical (unpaired) electrons. The van der Waals surface area contributed by atoms with E-state index in [1.165, 1.54) is 0 Å². The average Bonchev–Trinajstić information content (AvgIpc) is 2.56. The van der Waals surface area contributed by atoms with Crippen LogP contribution in [0, 0.1) is 0 Å². The maximum Gasteiger partial charge on any atom is 0.282 e. The summed E-state index contributed by atoms with van der Waals surface area (Å²) in [6.07, 6.45) is 4.23. The van der Waals surface area contributed by atoms with Crippen LogP contribution in [0.1, 0.15) is 39.5 Å². The van der Waals surface area contributed by atoms with Crippen molar-refractivity contribution in [2.75, 3.05) is 32.8 Å². The molecule has 2 saturated heterocycles. The van der Waals surface area contributed by atoms with Gasteiger partial charge in [0.05, 0.1) is 18.8 Å². The Balaban J connectivity index is 2.18. The minimum Gasteiger partial charge on any atom is -0.378 e. The fourth-order valence-electron chi connectivity index (χ4n) is 2.68. The van der Waals surface area contributed by atoms with E-state index in [0.717, 1.165) is 25.7 Å². The summed E-state index contributed by atoms with van der Waals surface area (Å²) in [4.78, 5) is 0. The number of ether oxygens (including phenoxy) is 1. The molecule has 0 aromatic heterocycles. The molecule has 0 atom stereocenters. The molecule has 2 aliphatic heterocycles. The Bertz CT molecular complexity index is 373. The van der Waals surface area contributed by atoms with E-state index in [1.54, 1.807) is 8.61 Å². The zero-order chi connectivity index (χ0) is 13.2. The fraction of sp³-hybridized carbons (Fsp3) is 1.00. The number of nitrogens with zero attached hydrogens (tertiary/aromatic N) is 2. The van der Waals surface area contributed by atoms with Crippen LogP contribution in [-0.2, 0) is 14.9 Å². The highest BCUT2D eigenvalue weighted by molar-refractivity contribution is 7.86. The van der Waals surface area contributed by atoms with Crippen molar-refractivity contribution >= 4 is 10.2 Å². The Kier molecular flexibility index (Phi) is 4.31. The van der Waals surface area contributed by atoms with Gasteiger partial charge in [0, 0.05) is 19.6 Å². The van der Waals surface area contributed by atoms with Gasteiger partial charge >= 0.3 is 0 Å². The summed E-state index contributed by atoms with van der Waals surface area (Å²) in [5, 5.41) is 0. The van der Waals surface area contributed by atoms with Crippen LogP contribution in [0.15, 0.2) is 0 Å². The molecule has 18 heavy (non-hydrogen) atoms. The first-order valence-electron chi connectivity index (χ1n) is 6.80. The molecule has 0 aromatic rings. The predicted molar refractivity (Wildman–Crippen MR) is 70.6 cm³/mol. The molecule has 0 bridgehead atoms. The van der Waals surface area contributed by atoms with Crippen LogP contribution in [0.4, 0.5) is 0 Å². The second-order valence-electron chi connectivity index (χ2n) is 5.76. The van der Waals surface area contributed by atoms with Crippen LogP contribution in [0.5, 0.6) is 0 Å². The second-order valence-corrected chi connectivity index (χ2v) is 7.61. The first-order chi connectivity index (χ1) is 8.44. The van der Waals surface area contributed by atoms with E-state index in [0.29, 0.717) is 32.8 Å². The molecule has 5 nitrogen and oxygen atoms in total. The molecule has 2 aliphatic rings. The van der Waals surface area contributed by atoms with E-state index in [2.05, 4.69) is 0 Å². The van der Waals surface area contributed by atoms with Crippen molar-refractivity contribution in [2.45, 2.75) is 45.1 Å². The van der Waals surface area contributed by atoms with Crippen molar-refractivity contribution < 1.29 is 13.2 Å². The maximum atomic E-state index is 12.7. The second kappa shape index (κ2) is 5.45. The SMILES string of the molecule is CC1(C)COCCN1S(=O)(=O)N1CCCCCC1. The van der Waals surface area contributed by atoms with Crippen LogP contribution < -0.4 is 0 Å². The van der Waals surface area contributed by atoms with Gasteiger partial charge in [-0.3, -0.25) is 0 Å². The Hall–Kier alpha value is -0.170. The number of hydrogen-bond donors (Lipinski definition) is 0. The monoisotopic (exact) mass is 276 g/mol. The number of morpholine rings is 1. The molecular formula is C12H24N2O3S. The topological polar surface area (TPSA) is 49.9 Å². The lowest BCUT2D eigenvalue weighted by molar-refractivity contribution is -0.0105. The van der Waals surface area contributed by atoms with Gasteiger partial charge in [-0.1, -0.05) is 12.8 Å². The van der Waals surface area contributed by atoms with E-state index in [4.69, 9.17) is 4.74 Å². The highest BCUT2D eigenvalue weighted by atomic mass is 32.2. The van der Waals surface area contributed by atoms with Gasteiger partial charge in [0.2, 0.25) is 0 Å². The summed E-state index contributed by atoms with van der Waals surface area (Å²) in [6.45, 7) is 6.62. The highest BCUT2D eigenvalue weighted by Gasteiger charge is 2.41.